The second-order valence-corrected chi connectivity index (χ2v) is 7.31. The number of nitrogens with one attached hydrogen (secondary N) is 1. The molecule has 0 saturated heterocycles. The fourth-order valence-corrected chi connectivity index (χ4v) is 3.40. The van der Waals surface area contributed by atoms with Crippen molar-refractivity contribution in [3.8, 4) is 11.3 Å². The number of nitrogens with zero attached hydrogens (tertiary/aromatic N) is 1. The lowest BCUT2D eigenvalue weighted by Gasteiger charge is -2.00. The van der Waals surface area contributed by atoms with Gasteiger partial charge in [-0.3, -0.25) is 9.27 Å². The number of hydrogen-bond donors (Lipinski definition) is 2. The number of benzene rings is 1. The summed E-state index contributed by atoms with van der Waals surface area (Å²) >= 11 is 1.66. The summed E-state index contributed by atoms with van der Waals surface area (Å²) < 4.78 is 32.1. The van der Waals surface area contributed by atoms with E-state index in [1.807, 2.05) is 41.1 Å². The van der Waals surface area contributed by atoms with Gasteiger partial charge in [-0.25, -0.2) is 4.98 Å². The maximum atomic E-state index is 10.7. The predicted molar refractivity (Wildman–Crippen MR) is 103 cm³/mol. The third-order valence-corrected chi connectivity index (χ3v) is 4.66. The number of rotatable bonds is 9. The largest absolute Gasteiger partial charge is 0.357 e. The molecule has 0 aliphatic carbocycles. The molecule has 25 heavy (non-hydrogen) atoms. The van der Waals surface area contributed by atoms with Crippen molar-refractivity contribution in [1.29, 1.82) is 0 Å². The zero-order valence-electron chi connectivity index (χ0n) is 13.6. The molecule has 2 aromatic rings. The first kappa shape index (κ1) is 19.1. The highest BCUT2D eigenvalue weighted by Gasteiger charge is 2.04. The molecule has 132 valence electrons. The molecule has 0 spiro atoms. The Hall–Kier alpha value is -2.22. The molecule has 1 aromatic carbocycles. The molecular weight excluding hydrogens is 356 g/mol. The molecule has 0 aliphatic rings. The Morgan fingerprint density at radius 3 is 2.76 bits per heavy atom. The summed E-state index contributed by atoms with van der Waals surface area (Å²) in [5.74, 6) is 0. The third-order valence-electron chi connectivity index (χ3n) is 3.26. The van der Waals surface area contributed by atoms with Crippen molar-refractivity contribution in [2.75, 3.05) is 0 Å². The van der Waals surface area contributed by atoms with Crippen LogP contribution in [0, 0.1) is 0 Å². The highest BCUT2D eigenvalue weighted by Crippen LogP contribution is 2.22. The van der Waals surface area contributed by atoms with E-state index in [4.69, 9.17) is 4.55 Å². The van der Waals surface area contributed by atoms with E-state index >= 15 is 0 Å². The first-order valence-electron chi connectivity index (χ1n) is 7.72. The molecule has 1 heterocycles. The Morgan fingerprint density at radius 1 is 1.32 bits per heavy atom. The molecule has 0 radical (unpaired) electrons. The van der Waals surface area contributed by atoms with Gasteiger partial charge in [0.1, 0.15) is 0 Å². The Balaban J connectivity index is 1.79. The maximum Gasteiger partial charge on any atom is 0.357 e. The third kappa shape index (κ3) is 7.04. The highest BCUT2D eigenvalue weighted by molar-refractivity contribution is 7.83. The van der Waals surface area contributed by atoms with Crippen molar-refractivity contribution >= 4 is 21.6 Å². The van der Waals surface area contributed by atoms with E-state index in [-0.39, 0.29) is 5.70 Å². The number of unbranched alkanes of at least 4 members (excludes halogenated alkanes) is 1. The van der Waals surface area contributed by atoms with Crippen molar-refractivity contribution in [3.63, 3.8) is 0 Å². The summed E-state index contributed by atoms with van der Waals surface area (Å²) in [5, 5.41) is 3.17. The van der Waals surface area contributed by atoms with Crippen molar-refractivity contribution in [2.24, 2.45) is 0 Å². The average molecular weight is 377 g/mol. The first-order chi connectivity index (χ1) is 12.0. The van der Waals surface area contributed by atoms with Crippen LogP contribution >= 0.6 is 11.3 Å². The van der Waals surface area contributed by atoms with Gasteiger partial charge in [0, 0.05) is 10.9 Å². The molecule has 5 nitrogen and oxygen atoms in total. The molecule has 0 fully saturated rings. The molecule has 2 rings (SSSR count). The Bertz CT molecular complexity index is 853. The van der Waals surface area contributed by atoms with Gasteiger partial charge < -0.3 is 0 Å². The lowest BCUT2D eigenvalue weighted by Crippen LogP contribution is -2.20. The summed E-state index contributed by atoms with van der Waals surface area (Å²) in [5.41, 5.74) is 2.34. The van der Waals surface area contributed by atoms with Crippen LogP contribution in [-0.4, -0.2) is 18.0 Å². The summed E-state index contributed by atoms with van der Waals surface area (Å²) in [6.45, 7) is 3.48. The number of thiazole rings is 1. The van der Waals surface area contributed by atoms with Crippen LogP contribution in [0.15, 0.2) is 72.3 Å². The zero-order valence-corrected chi connectivity index (χ0v) is 15.3. The SMILES string of the molecule is C=C/C(=C\C=C\CCCc1nc(-c2ccccc2)cs1)NS(=O)(=O)O. The monoisotopic (exact) mass is 376 g/mol. The lowest BCUT2D eigenvalue weighted by molar-refractivity contribution is 0.475. The second-order valence-electron chi connectivity index (χ2n) is 5.22. The van der Waals surface area contributed by atoms with E-state index in [1.54, 1.807) is 17.4 Å². The summed E-state index contributed by atoms with van der Waals surface area (Å²) in [4.78, 5) is 4.64. The molecule has 0 amide bonds. The molecule has 0 aliphatic heterocycles. The predicted octanol–water partition coefficient (Wildman–Crippen LogP) is 4.15. The van der Waals surface area contributed by atoms with Crippen LogP contribution in [0.25, 0.3) is 11.3 Å². The van der Waals surface area contributed by atoms with E-state index in [9.17, 15) is 8.42 Å². The molecule has 2 N–H and O–H groups in total. The highest BCUT2D eigenvalue weighted by atomic mass is 32.2. The fraction of sp³-hybridized carbons (Fsp3) is 0.167. The summed E-state index contributed by atoms with van der Waals surface area (Å²) in [7, 11) is -4.27. The van der Waals surface area contributed by atoms with Crippen LogP contribution in [0.5, 0.6) is 0 Å². The summed E-state index contributed by atoms with van der Waals surface area (Å²) in [6.07, 6.45) is 9.20. The van der Waals surface area contributed by atoms with Gasteiger partial charge in [0.2, 0.25) is 0 Å². The van der Waals surface area contributed by atoms with Crippen LogP contribution in [0.4, 0.5) is 0 Å². The Kier molecular flexibility index (Phi) is 7.12. The lowest BCUT2D eigenvalue weighted by atomic mass is 10.2. The van der Waals surface area contributed by atoms with Gasteiger partial charge in [0.15, 0.2) is 0 Å². The minimum Gasteiger partial charge on any atom is -0.269 e. The van der Waals surface area contributed by atoms with Crippen molar-refractivity contribution < 1.29 is 13.0 Å². The molecule has 0 unspecified atom stereocenters. The minimum atomic E-state index is -4.27. The molecular formula is C18H20N2O3S2. The van der Waals surface area contributed by atoms with Crippen LogP contribution < -0.4 is 4.72 Å². The van der Waals surface area contributed by atoms with Crippen LogP contribution in [0.2, 0.25) is 0 Å². The fourth-order valence-electron chi connectivity index (χ4n) is 2.10. The molecule has 0 atom stereocenters. The average Bonchev–Trinajstić information content (AvgIpc) is 3.05. The Morgan fingerprint density at radius 2 is 2.08 bits per heavy atom. The molecule has 0 saturated carbocycles. The minimum absolute atomic E-state index is 0.214. The van der Waals surface area contributed by atoms with Crippen molar-refractivity contribution in [3.05, 3.63) is 77.3 Å². The quantitative estimate of drug-likeness (QED) is 0.391. The van der Waals surface area contributed by atoms with E-state index in [0.717, 1.165) is 35.5 Å². The zero-order chi connectivity index (χ0) is 18.1. The van der Waals surface area contributed by atoms with Gasteiger partial charge in [-0.05, 0) is 31.4 Å². The Labute approximate surface area is 152 Å². The van der Waals surface area contributed by atoms with E-state index in [2.05, 4.69) is 16.9 Å². The van der Waals surface area contributed by atoms with E-state index in [0.29, 0.717) is 0 Å². The first-order valence-corrected chi connectivity index (χ1v) is 10.0. The van der Waals surface area contributed by atoms with Gasteiger partial charge in [-0.2, -0.15) is 8.42 Å². The van der Waals surface area contributed by atoms with Crippen LogP contribution in [0.1, 0.15) is 17.8 Å². The molecule has 0 bridgehead atoms. The number of hydrogen-bond acceptors (Lipinski definition) is 4. The maximum absolute atomic E-state index is 10.7. The van der Waals surface area contributed by atoms with E-state index < -0.39 is 10.3 Å². The topological polar surface area (TPSA) is 79.3 Å². The number of allylic oxidation sites excluding steroid dienone is 4. The van der Waals surface area contributed by atoms with Gasteiger partial charge in [-0.1, -0.05) is 49.1 Å². The second kappa shape index (κ2) is 9.31. The van der Waals surface area contributed by atoms with E-state index in [1.165, 1.54) is 12.2 Å². The van der Waals surface area contributed by atoms with Crippen molar-refractivity contribution in [1.82, 2.24) is 9.71 Å². The van der Waals surface area contributed by atoms with Crippen LogP contribution in [-0.2, 0) is 16.7 Å². The van der Waals surface area contributed by atoms with Crippen molar-refractivity contribution in [2.45, 2.75) is 19.3 Å². The van der Waals surface area contributed by atoms with Gasteiger partial charge in [0.05, 0.1) is 16.4 Å². The smallest absolute Gasteiger partial charge is 0.269 e. The van der Waals surface area contributed by atoms with Gasteiger partial charge in [-0.15, -0.1) is 11.3 Å². The standard InChI is InChI=1S/C18H20N2O3S2/c1-2-16(20-25(21,22)23)12-8-3-4-9-13-18-19-17(14-24-18)15-10-6-5-7-11-15/h2-3,5-8,10-12,14,20H,1,4,9,13H2,(H,21,22,23)/b8-3+,16-12+. The summed E-state index contributed by atoms with van der Waals surface area (Å²) in [6, 6.07) is 10.1. The van der Waals surface area contributed by atoms with Gasteiger partial charge in [0.25, 0.3) is 0 Å². The number of aromatic nitrogens is 1. The van der Waals surface area contributed by atoms with Crippen LogP contribution in [0.3, 0.4) is 0 Å². The molecule has 7 heteroatoms. The molecule has 1 aromatic heterocycles. The van der Waals surface area contributed by atoms with Gasteiger partial charge >= 0.3 is 10.3 Å². The number of aryl methyl sites for hydroxylation is 1. The normalized spacial score (nSPS) is 12.4.